The third-order valence-electron chi connectivity index (χ3n) is 2.52. The summed E-state index contributed by atoms with van der Waals surface area (Å²) in [6.07, 6.45) is 2.36. The lowest BCUT2D eigenvalue weighted by Crippen LogP contribution is -2.03. The number of benzene rings is 1. The third kappa shape index (κ3) is 3.26. The van der Waals surface area contributed by atoms with Crippen molar-refractivity contribution in [1.29, 1.82) is 0 Å². The van der Waals surface area contributed by atoms with E-state index in [1.54, 1.807) is 24.3 Å². The third-order valence-corrected chi connectivity index (χ3v) is 2.52. The lowest BCUT2D eigenvalue weighted by Gasteiger charge is -2.12. The van der Waals surface area contributed by atoms with Crippen LogP contribution in [0.2, 0.25) is 0 Å². The van der Waals surface area contributed by atoms with Crippen LogP contribution in [0.25, 0.3) is 0 Å². The van der Waals surface area contributed by atoms with Crippen LogP contribution in [0.3, 0.4) is 0 Å². The quantitative estimate of drug-likeness (QED) is 0.874. The summed E-state index contributed by atoms with van der Waals surface area (Å²) in [6.45, 7) is 2.57. The molecule has 1 heterocycles. The number of pyridine rings is 1. The summed E-state index contributed by atoms with van der Waals surface area (Å²) in [6, 6.07) is 10.1. The second kappa shape index (κ2) is 6.56. The van der Waals surface area contributed by atoms with Crippen LogP contribution in [0.15, 0.2) is 42.6 Å². The molecule has 0 unspecified atom stereocenters. The van der Waals surface area contributed by atoms with Gasteiger partial charge in [0.25, 0.3) is 0 Å². The number of hydrogen-bond donors (Lipinski definition) is 1. The van der Waals surface area contributed by atoms with Crippen LogP contribution in [-0.4, -0.2) is 22.7 Å². The van der Waals surface area contributed by atoms with Crippen molar-refractivity contribution in [2.24, 2.45) is 0 Å². The van der Waals surface area contributed by atoms with Gasteiger partial charge in [0.2, 0.25) is 5.88 Å². The van der Waals surface area contributed by atoms with E-state index in [2.05, 4.69) is 4.98 Å². The van der Waals surface area contributed by atoms with Crippen molar-refractivity contribution < 1.29 is 19.4 Å². The van der Waals surface area contributed by atoms with Gasteiger partial charge >= 0.3 is 5.97 Å². The van der Waals surface area contributed by atoms with E-state index in [4.69, 9.17) is 14.6 Å². The molecule has 2 rings (SSSR count). The molecule has 5 heteroatoms. The molecule has 1 aromatic carbocycles. The molecule has 0 bridgehead atoms. The summed E-state index contributed by atoms with van der Waals surface area (Å²) in [4.78, 5) is 15.1. The van der Waals surface area contributed by atoms with E-state index in [0.29, 0.717) is 18.1 Å². The Kier molecular flexibility index (Phi) is 4.55. The van der Waals surface area contributed by atoms with Crippen LogP contribution in [-0.2, 0) is 0 Å². The number of ether oxygens (including phenoxy) is 2. The number of carboxylic acid groups (broad SMARTS) is 1. The van der Waals surface area contributed by atoms with Gasteiger partial charge in [-0.25, -0.2) is 9.78 Å². The van der Waals surface area contributed by atoms with Crippen LogP contribution in [0.4, 0.5) is 0 Å². The highest BCUT2D eigenvalue weighted by molar-refractivity contribution is 5.90. The fraction of sp³-hybridized carbons (Fsp3) is 0.200. The van der Waals surface area contributed by atoms with Crippen molar-refractivity contribution in [2.75, 3.05) is 6.61 Å². The van der Waals surface area contributed by atoms with Crippen LogP contribution in [0.5, 0.6) is 17.4 Å². The molecule has 5 nitrogen and oxygen atoms in total. The molecule has 0 amide bonds. The molecule has 1 N–H and O–H groups in total. The molecule has 2 aromatic rings. The Bertz CT molecular complexity index is 598. The molecule has 0 aliphatic rings. The number of rotatable bonds is 6. The minimum absolute atomic E-state index is 0.0118. The van der Waals surface area contributed by atoms with Crippen molar-refractivity contribution in [3.63, 3.8) is 0 Å². The lowest BCUT2D eigenvalue weighted by molar-refractivity contribution is 0.0693. The van der Waals surface area contributed by atoms with E-state index >= 15 is 0 Å². The zero-order chi connectivity index (χ0) is 14.4. The van der Waals surface area contributed by atoms with E-state index in [9.17, 15) is 4.79 Å². The average molecular weight is 273 g/mol. The summed E-state index contributed by atoms with van der Waals surface area (Å²) in [7, 11) is 0. The fourth-order valence-corrected chi connectivity index (χ4v) is 1.60. The zero-order valence-corrected chi connectivity index (χ0v) is 11.1. The normalized spacial score (nSPS) is 10.1. The van der Waals surface area contributed by atoms with Crippen molar-refractivity contribution >= 4 is 5.97 Å². The summed E-state index contributed by atoms with van der Waals surface area (Å²) >= 11 is 0. The maximum absolute atomic E-state index is 11.1. The first-order valence-corrected chi connectivity index (χ1v) is 6.30. The highest BCUT2D eigenvalue weighted by atomic mass is 16.5. The number of para-hydroxylation sites is 2. The van der Waals surface area contributed by atoms with Crippen molar-refractivity contribution in [2.45, 2.75) is 13.3 Å². The second-order valence-corrected chi connectivity index (χ2v) is 4.06. The van der Waals surface area contributed by atoms with Gasteiger partial charge in [0, 0.05) is 6.20 Å². The molecular formula is C15H15NO4. The van der Waals surface area contributed by atoms with E-state index in [1.165, 1.54) is 12.3 Å². The first-order chi connectivity index (χ1) is 9.72. The van der Waals surface area contributed by atoms with Gasteiger partial charge in [-0.15, -0.1) is 0 Å². The smallest absolute Gasteiger partial charge is 0.341 e. The Morgan fingerprint density at radius 2 is 1.95 bits per heavy atom. The molecule has 104 valence electrons. The number of carbonyl (C=O) groups is 1. The number of aromatic nitrogens is 1. The molecule has 0 atom stereocenters. The monoisotopic (exact) mass is 273 g/mol. The highest BCUT2D eigenvalue weighted by Crippen LogP contribution is 2.31. The first-order valence-electron chi connectivity index (χ1n) is 6.30. The minimum Gasteiger partial charge on any atom is -0.490 e. The molecular weight excluding hydrogens is 258 g/mol. The van der Waals surface area contributed by atoms with Gasteiger partial charge in [0.05, 0.1) is 6.61 Å². The summed E-state index contributed by atoms with van der Waals surface area (Å²) in [5, 5.41) is 9.10. The van der Waals surface area contributed by atoms with Gasteiger partial charge in [0.1, 0.15) is 5.56 Å². The first kappa shape index (κ1) is 13.9. The van der Waals surface area contributed by atoms with Gasteiger partial charge in [-0.05, 0) is 30.7 Å². The second-order valence-electron chi connectivity index (χ2n) is 4.06. The van der Waals surface area contributed by atoms with Crippen LogP contribution in [0.1, 0.15) is 23.7 Å². The van der Waals surface area contributed by atoms with Gasteiger partial charge in [-0.2, -0.15) is 0 Å². The Hall–Kier alpha value is -2.56. The maximum Gasteiger partial charge on any atom is 0.341 e. The van der Waals surface area contributed by atoms with Crippen LogP contribution >= 0.6 is 0 Å². The van der Waals surface area contributed by atoms with Crippen LogP contribution in [0, 0.1) is 0 Å². The molecule has 0 saturated heterocycles. The lowest BCUT2D eigenvalue weighted by atomic mass is 10.2. The standard InChI is InChI=1S/C15H15NO4/c1-2-10-19-12-7-3-4-8-13(12)20-14-11(15(17)18)6-5-9-16-14/h3-9H,2,10H2,1H3,(H,17,18). The number of aromatic carboxylic acids is 1. The van der Waals surface area contributed by atoms with Gasteiger partial charge in [0.15, 0.2) is 11.5 Å². The summed E-state index contributed by atoms with van der Waals surface area (Å²) in [5.74, 6) is -0.0221. The minimum atomic E-state index is -1.08. The van der Waals surface area contributed by atoms with Crippen molar-refractivity contribution in [3.05, 3.63) is 48.2 Å². The fourth-order valence-electron chi connectivity index (χ4n) is 1.60. The topological polar surface area (TPSA) is 68.7 Å². The summed E-state index contributed by atoms with van der Waals surface area (Å²) < 4.78 is 11.1. The molecule has 20 heavy (non-hydrogen) atoms. The highest BCUT2D eigenvalue weighted by Gasteiger charge is 2.14. The molecule has 1 aromatic heterocycles. The molecule has 0 radical (unpaired) electrons. The number of nitrogens with zero attached hydrogens (tertiary/aromatic N) is 1. The predicted molar refractivity (Wildman–Crippen MR) is 73.5 cm³/mol. The van der Waals surface area contributed by atoms with E-state index in [0.717, 1.165) is 6.42 Å². The van der Waals surface area contributed by atoms with Crippen molar-refractivity contribution in [3.8, 4) is 17.4 Å². The largest absolute Gasteiger partial charge is 0.490 e. The molecule has 0 aliphatic heterocycles. The van der Waals surface area contributed by atoms with Gasteiger partial charge < -0.3 is 14.6 Å². The Morgan fingerprint density at radius 3 is 2.65 bits per heavy atom. The van der Waals surface area contributed by atoms with Gasteiger partial charge in [-0.1, -0.05) is 19.1 Å². The summed E-state index contributed by atoms with van der Waals surface area (Å²) in [5.41, 5.74) is 0.0118. The molecule has 0 saturated carbocycles. The zero-order valence-electron chi connectivity index (χ0n) is 11.1. The van der Waals surface area contributed by atoms with E-state index in [1.807, 2.05) is 13.0 Å². The predicted octanol–water partition coefficient (Wildman–Crippen LogP) is 3.36. The molecule has 0 fully saturated rings. The van der Waals surface area contributed by atoms with Crippen molar-refractivity contribution in [1.82, 2.24) is 4.98 Å². The maximum atomic E-state index is 11.1. The van der Waals surface area contributed by atoms with Gasteiger partial charge in [-0.3, -0.25) is 0 Å². The average Bonchev–Trinajstić information content (AvgIpc) is 2.47. The van der Waals surface area contributed by atoms with Crippen LogP contribution < -0.4 is 9.47 Å². The molecule has 0 aliphatic carbocycles. The Morgan fingerprint density at radius 1 is 1.20 bits per heavy atom. The SMILES string of the molecule is CCCOc1ccccc1Oc1ncccc1C(=O)O. The number of hydrogen-bond acceptors (Lipinski definition) is 4. The number of carboxylic acids is 1. The molecule has 0 spiro atoms. The Labute approximate surface area is 116 Å². The van der Waals surface area contributed by atoms with E-state index < -0.39 is 5.97 Å². The van der Waals surface area contributed by atoms with E-state index in [-0.39, 0.29) is 11.4 Å². The Balaban J connectivity index is 2.28.